The summed E-state index contributed by atoms with van der Waals surface area (Å²) in [6, 6.07) is 6.29. The van der Waals surface area contributed by atoms with Crippen LogP contribution in [0.5, 0.6) is 17.2 Å². The average molecular weight is 326 g/mol. The van der Waals surface area contributed by atoms with E-state index >= 15 is 0 Å². The molecule has 8 heteroatoms. The van der Waals surface area contributed by atoms with Gasteiger partial charge in [0.15, 0.2) is 21.4 Å². The summed E-state index contributed by atoms with van der Waals surface area (Å²) in [5.41, 5.74) is -0.233. The highest BCUT2D eigenvalue weighted by atomic mass is 32.2. The zero-order chi connectivity index (χ0) is 16.5. The van der Waals surface area contributed by atoms with Gasteiger partial charge in [-0.25, -0.2) is 17.6 Å². The second-order valence-electron chi connectivity index (χ2n) is 4.49. The summed E-state index contributed by atoms with van der Waals surface area (Å²) in [4.78, 5) is 10.7. The van der Waals surface area contributed by atoms with Crippen molar-refractivity contribution in [2.75, 3.05) is 6.26 Å². The number of halogens is 1. The zero-order valence-corrected chi connectivity index (χ0v) is 12.1. The van der Waals surface area contributed by atoms with Crippen LogP contribution in [0.1, 0.15) is 10.4 Å². The number of hydrogen-bond donors (Lipinski definition) is 2. The van der Waals surface area contributed by atoms with Gasteiger partial charge in [0, 0.05) is 12.3 Å². The maximum Gasteiger partial charge on any atom is 0.335 e. The molecule has 0 radical (unpaired) electrons. The van der Waals surface area contributed by atoms with Gasteiger partial charge in [0.05, 0.1) is 10.5 Å². The molecule has 2 rings (SSSR count). The van der Waals surface area contributed by atoms with Crippen molar-refractivity contribution >= 4 is 15.8 Å². The highest BCUT2D eigenvalue weighted by Gasteiger charge is 2.14. The molecular formula is C14H11FO6S. The number of hydrogen-bond acceptors (Lipinski definition) is 5. The summed E-state index contributed by atoms with van der Waals surface area (Å²) in [7, 11) is -3.55. The van der Waals surface area contributed by atoms with E-state index in [0.717, 1.165) is 42.7 Å². The van der Waals surface area contributed by atoms with E-state index in [4.69, 9.17) is 9.84 Å². The minimum atomic E-state index is -3.55. The first kappa shape index (κ1) is 15.8. The summed E-state index contributed by atoms with van der Waals surface area (Å²) < 4.78 is 41.6. The van der Waals surface area contributed by atoms with Crippen molar-refractivity contribution in [1.29, 1.82) is 0 Å². The Balaban J connectivity index is 2.38. The lowest BCUT2D eigenvalue weighted by Crippen LogP contribution is -1.99. The van der Waals surface area contributed by atoms with Crippen LogP contribution in [0.25, 0.3) is 0 Å². The number of carboxylic acids is 1. The molecule has 0 atom stereocenters. The topological polar surface area (TPSA) is 101 Å². The molecule has 0 heterocycles. The van der Waals surface area contributed by atoms with Crippen LogP contribution in [0.2, 0.25) is 0 Å². The molecule has 6 nitrogen and oxygen atoms in total. The Morgan fingerprint density at radius 3 is 2.41 bits per heavy atom. The van der Waals surface area contributed by atoms with Gasteiger partial charge < -0.3 is 14.9 Å². The monoisotopic (exact) mass is 326 g/mol. The van der Waals surface area contributed by atoms with Crippen molar-refractivity contribution in [2.24, 2.45) is 0 Å². The first-order valence-corrected chi connectivity index (χ1v) is 7.81. The Kier molecular flexibility index (Phi) is 4.05. The number of sulfone groups is 1. The molecule has 116 valence electrons. The highest BCUT2D eigenvalue weighted by molar-refractivity contribution is 7.90. The Bertz CT molecular complexity index is 844. The lowest BCUT2D eigenvalue weighted by atomic mass is 10.2. The first-order chi connectivity index (χ1) is 10.2. The summed E-state index contributed by atoms with van der Waals surface area (Å²) in [5, 5.41) is 18.3. The maximum absolute atomic E-state index is 13.9. The molecule has 0 amide bonds. The minimum absolute atomic E-state index is 0.0941. The summed E-state index contributed by atoms with van der Waals surface area (Å²) in [6.45, 7) is 0. The van der Waals surface area contributed by atoms with E-state index in [1.54, 1.807) is 0 Å². The molecule has 0 saturated heterocycles. The number of phenols is 1. The fourth-order valence-corrected chi connectivity index (χ4v) is 2.32. The third-order valence-corrected chi connectivity index (χ3v) is 3.81. The number of carboxylic acid groups (broad SMARTS) is 1. The van der Waals surface area contributed by atoms with E-state index in [0.29, 0.717) is 0 Å². The van der Waals surface area contributed by atoms with Gasteiger partial charge in [-0.3, -0.25) is 0 Å². The van der Waals surface area contributed by atoms with E-state index < -0.39 is 21.6 Å². The largest absolute Gasteiger partial charge is 0.508 e. The summed E-state index contributed by atoms with van der Waals surface area (Å²) >= 11 is 0. The van der Waals surface area contributed by atoms with Crippen LogP contribution >= 0.6 is 0 Å². The van der Waals surface area contributed by atoms with Gasteiger partial charge in [0.2, 0.25) is 0 Å². The predicted molar refractivity (Wildman–Crippen MR) is 74.6 cm³/mol. The molecule has 0 unspecified atom stereocenters. The fourth-order valence-electron chi connectivity index (χ4n) is 1.69. The quantitative estimate of drug-likeness (QED) is 0.895. The molecule has 0 aliphatic carbocycles. The van der Waals surface area contributed by atoms with Gasteiger partial charge in [0.1, 0.15) is 11.5 Å². The molecule has 0 aliphatic rings. The van der Waals surface area contributed by atoms with Gasteiger partial charge in [0.25, 0.3) is 0 Å². The number of benzene rings is 2. The van der Waals surface area contributed by atoms with Crippen LogP contribution in [0.15, 0.2) is 41.3 Å². The summed E-state index contributed by atoms with van der Waals surface area (Å²) in [5.74, 6) is -2.96. The van der Waals surface area contributed by atoms with E-state index in [1.807, 2.05) is 0 Å². The first-order valence-electron chi connectivity index (χ1n) is 5.91. The molecule has 22 heavy (non-hydrogen) atoms. The number of ether oxygens (including phenoxy) is 1. The highest BCUT2D eigenvalue weighted by Crippen LogP contribution is 2.29. The fraction of sp³-hybridized carbons (Fsp3) is 0.0714. The van der Waals surface area contributed by atoms with Crippen LogP contribution in [0.3, 0.4) is 0 Å². The van der Waals surface area contributed by atoms with Crippen molar-refractivity contribution in [1.82, 2.24) is 0 Å². The van der Waals surface area contributed by atoms with Crippen molar-refractivity contribution in [3.63, 3.8) is 0 Å². The molecule has 2 aromatic rings. The molecule has 2 N–H and O–H groups in total. The predicted octanol–water partition coefficient (Wildman–Crippen LogP) is 2.43. The molecule has 0 fully saturated rings. The van der Waals surface area contributed by atoms with Gasteiger partial charge in [-0.2, -0.15) is 0 Å². The molecule has 0 aliphatic heterocycles. The Morgan fingerprint density at radius 1 is 1.18 bits per heavy atom. The van der Waals surface area contributed by atoms with Crippen molar-refractivity contribution in [3.05, 3.63) is 47.8 Å². The van der Waals surface area contributed by atoms with Crippen molar-refractivity contribution in [2.45, 2.75) is 4.90 Å². The minimum Gasteiger partial charge on any atom is -0.508 e. The molecule has 0 aromatic heterocycles. The van der Waals surface area contributed by atoms with Crippen molar-refractivity contribution in [3.8, 4) is 17.2 Å². The van der Waals surface area contributed by atoms with Crippen LogP contribution in [0.4, 0.5) is 4.39 Å². The zero-order valence-electron chi connectivity index (χ0n) is 11.3. The average Bonchev–Trinajstić information content (AvgIpc) is 2.39. The summed E-state index contributed by atoms with van der Waals surface area (Å²) in [6.07, 6.45) is 0.941. The molecule has 0 spiro atoms. The van der Waals surface area contributed by atoms with Gasteiger partial charge in [-0.1, -0.05) is 0 Å². The van der Waals surface area contributed by atoms with Crippen LogP contribution in [-0.2, 0) is 9.84 Å². The number of carbonyl (C=O) groups is 1. The van der Waals surface area contributed by atoms with E-state index in [9.17, 15) is 22.7 Å². The second kappa shape index (κ2) is 5.64. The molecular weight excluding hydrogens is 315 g/mol. The number of aromatic hydroxyl groups is 1. The van der Waals surface area contributed by atoms with Crippen LogP contribution in [-0.4, -0.2) is 30.9 Å². The van der Waals surface area contributed by atoms with Crippen LogP contribution < -0.4 is 4.74 Å². The lowest BCUT2D eigenvalue weighted by molar-refractivity contribution is 0.0696. The molecule has 2 aromatic carbocycles. The SMILES string of the molecule is CS(=O)(=O)c1ccc(Oc2cc(O)cc(C(=O)O)c2)c(F)c1. The number of aromatic carboxylic acids is 1. The van der Waals surface area contributed by atoms with Gasteiger partial charge in [-0.15, -0.1) is 0 Å². The van der Waals surface area contributed by atoms with E-state index in [1.165, 1.54) is 0 Å². The normalized spacial score (nSPS) is 11.2. The number of phenolic OH excluding ortho intramolecular Hbond substituents is 1. The second-order valence-corrected chi connectivity index (χ2v) is 6.50. The Hall–Kier alpha value is -2.61. The Morgan fingerprint density at radius 2 is 1.86 bits per heavy atom. The van der Waals surface area contributed by atoms with Crippen molar-refractivity contribution < 1.29 is 32.6 Å². The van der Waals surface area contributed by atoms with Gasteiger partial charge >= 0.3 is 5.97 Å². The maximum atomic E-state index is 13.9. The molecule has 0 bridgehead atoms. The van der Waals surface area contributed by atoms with E-state index in [2.05, 4.69) is 0 Å². The standard InChI is InChI=1S/C14H11FO6S/c1-22(19,20)11-2-3-13(12(15)7-11)21-10-5-8(14(17)18)4-9(16)6-10/h2-7,16H,1H3,(H,17,18). The third-order valence-electron chi connectivity index (χ3n) is 2.70. The third kappa shape index (κ3) is 3.53. The van der Waals surface area contributed by atoms with Gasteiger partial charge in [-0.05, 0) is 30.3 Å². The molecule has 0 saturated carbocycles. The smallest absolute Gasteiger partial charge is 0.335 e. The number of rotatable bonds is 4. The van der Waals surface area contributed by atoms with E-state index in [-0.39, 0.29) is 27.7 Å². The lowest BCUT2D eigenvalue weighted by Gasteiger charge is -2.09. The van der Waals surface area contributed by atoms with Crippen LogP contribution in [0, 0.1) is 5.82 Å². The Labute approximate surface area is 125 Å².